The van der Waals surface area contributed by atoms with E-state index in [1.165, 1.54) is 11.3 Å². The van der Waals surface area contributed by atoms with Crippen molar-refractivity contribution in [3.05, 3.63) is 64.4 Å². The molecule has 1 amide bonds. The maximum absolute atomic E-state index is 12.5. The quantitative estimate of drug-likeness (QED) is 0.591. The van der Waals surface area contributed by atoms with Crippen LogP contribution in [0.2, 0.25) is 0 Å². The number of thiophene rings is 1. The Bertz CT molecular complexity index is 971. The van der Waals surface area contributed by atoms with E-state index < -0.39 is 0 Å². The van der Waals surface area contributed by atoms with Crippen molar-refractivity contribution in [2.75, 3.05) is 5.32 Å². The van der Waals surface area contributed by atoms with Gasteiger partial charge in [-0.3, -0.25) is 9.78 Å². The first kappa shape index (κ1) is 14.0. The summed E-state index contributed by atoms with van der Waals surface area (Å²) in [4.78, 5) is 21.2. The fourth-order valence-corrected chi connectivity index (χ4v) is 3.81. The van der Waals surface area contributed by atoms with Crippen LogP contribution in [-0.4, -0.2) is 15.9 Å². The highest BCUT2D eigenvalue weighted by molar-refractivity contribution is 7.14. The topological polar surface area (TPSA) is 54.9 Å². The number of benzene rings is 1. The van der Waals surface area contributed by atoms with Crippen LogP contribution in [0.5, 0.6) is 0 Å². The molecule has 4 nitrogen and oxygen atoms in total. The zero-order valence-electron chi connectivity index (χ0n) is 11.9. The Morgan fingerprint density at radius 2 is 2.04 bits per heavy atom. The molecule has 0 saturated heterocycles. The summed E-state index contributed by atoms with van der Waals surface area (Å²) in [7, 11) is 0. The van der Waals surface area contributed by atoms with Gasteiger partial charge in [0.1, 0.15) is 10.7 Å². The molecule has 0 radical (unpaired) electrons. The van der Waals surface area contributed by atoms with E-state index in [1.807, 2.05) is 47.2 Å². The van der Waals surface area contributed by atoms with Gasteiger partial charge in [-0.25, -0.2) is 4.98 Å². The number of rotatable bonds is 3. The number of fused-ring (bicyclic) bond motifs is 1. The highest BCUT2D eigenvalue weighted by atomic mass is 32.1. The Morgan fingerprint density at radius 3 is 2.91 bits per heavy atom. The summed E-state index contributed by atoms with van der Waals surface area (Å²) in [6, 6.07) is 11.5. The average Bonchev–Trinajstić information content (AvgIpc) is 3.26. The molecule has 4 aromatic rings. The van der Waals surface area contributed by atoms with Gasteiger partial charge < -0.3 is 5.32 Å². The van der Waals surface area contributed by atoms with E-state index in [2.05, 4.69) is 15.3 Å². The molecule has 1 N–H and O–H groups in total. The minimum Gasteiger partial charge on any atom is -0.320 e. The summed E-state index contributed by atoms with van der Waals surface area (Å²) in [6.45, 7) is 0. The molecule has 0 bridgehead atoms. The normalized spacial score (nSPS) is 10.8. The molecule has 23 heavy (non-hydrogen) atoms. The number of nitrogens with zero attached hydrogens (tertiary/aromatic N) is 2. The molecular formula is C17H11N3OS2. The van der Waals surface area contributed by atoms with E-state index in [1.54, 1.807) is 22.9 Å². The first-order chi connectivity index (χ1) is 11.3. The lowest BCUT2D eigenvalue weighted by molar-refractivity contribution is 0.102. The minimum absolute atomic E-state index is 0.209. The first-order valence-electron chi connectivity index (χ1n) is 6.94. The molecular weight excluding hydrogens is 326 g/mol. The highest BCUT2D eigenvalue weighted by Gasteiger charge is 2.13. The molecule has 0 aliphatic rings. The second-order valence-electron chi connectivity index (χ2n) is 4.88. The Labute approximate surface area is 140 Å². The summed E-state index contributed by atoms with van der Waals surface area (Å²) < 4.78 is 0. The van der Waals surface area contributed by atoms with Gasteiger partial charge in [-0.15, -0.1) is 11.3 Å². The van der Waals surface area contributed by atoms with Crippen molar-refractivity contribution in [3.8, 4) is 10.6 Å². The third kappa shape index (κ3) is 2.74. The smallest absolute Gasteiger partial charge is 0.275 e. The number of carbonyl (C=O) groups is 1. The van der Waals surface area contributed by atoms with Crippen molar-refractivity contribution >= 4 is 45.2 Å². The molecule has 0 spiro atoms. The molecule has 0 saturated carbocycles. The van der Waals surface area contributed by atoms with Gasteiger partial charge in [0, 0.05) is 27.9 Å². The van der Waals surface area contributed by atoms with Crippen molar-refractivity contribution in [3.63, 3.8) is 0 Å². The summed E-state index contributed by atoms with van der Waals surface area (Å²) in [5.74, 6) is -0.209. The standard InChI is InChI=1S/C17H11N3OS2/c21-16(15-10-23-17(20-15)11-6-8-22-9-11)19-14-5-1-4-13-12(14)3-2-7-18-13/h1-10H,(H,19,21). The number of carbonyl (C=O) groups excluding carboxylic acids is 1. The number of hydrogen-bond donors (Lipinski definition) is 1. The van der Waals surface area contributed by atoms with Crippen molar-refractivity contribution < 1.29 is 4.79 Å². The predicted octanol–water partition coefficient (Wildman–Crippen LogP) is 4.67. The van der Waals surface area contributed by atoms with Crippen molar-refractivity contribution in [2.24, 2.45) is 0 Å². The Morgan fingerprint density at radius 1 is 1.09 bits per heavy atom. The van der Waals surface area contributed by atoms with Crippen molar-refractivity contribution in [2.45, 2.75) is 0 Å². The minimum atomic E-state index is -0.209. The van der Waals surface area contributed by atoms with E-state index in [4.69, 9.17) is 0 Å². The van der Waals surface area contributed by atoms with Gasteiger partial charge in [0.15, 0.2) is 0 Å². The number of hydrogen-bond acceptors (Lipinski definition) is 5. The fraction of sp³-hybridized carbons (Fsp3) is 0. The average molecular weight is 337 g/mol. The maximum Gasteiger partial charge on any atom is 0.275 e. The Balaban J connectivity index is 1.62. The lowest BCUT2D eigenvalue weighted by Crippen LogP contribution is -2.12. The SMILES string of the molecule is O=C(Nc1cccc2ncccc12)c1csc(-c2ccsc2)n1. The number of pyridine rings is 1. The van der Waals surface area contributed by atoms with Crippen LogP contribution in [0.3, 0.4) is 0 Å². The van der Waals surface area contributed by atoms with Gasteiger partial charge in [0.2, 0.25) is 0 Å². The largest absolute Gasteiger partial charge is 0.320 e. The van der Waals surface area contributed by atoms with Crippen LogP contribution in [0.4, 0.5) is 5.69 Å². The summed E-state index contributed by atoms with van der Waals surface area (Å²) in [5, 5.41) is 10.5. The molecule has 6 heteroatoms. The Kier molecular flexibility index (Phi) is 3.61. The van der Waals surface area contributed by atoms with Crippen molar-refractivity contribution in [1.82, 2.24) is 9.97 Å². The van der Waals surface area contributed by atoms with Crippen LogP contribution in [0.25, 0.3) is 21.5 Å². The summed E-state index contributed by atoms with van der Waals surface area (Å²) in [6.07, 6.45) is 1.74. The van der Waals surface area contributed by atoms with Crippen LogP contribution < -0.4 is 5.32 Å². The van der Waals surface area contributed by atoms with Crippen LogP contribution in [0, 0.1) is 0 Å². The second-order valence-corrected chi connectivity index (χ2v) is 6.52. The first-order valence-corrected chi connectivity index (χ1v) is 8.77. The molecule has 0 aliphatic carbocycles. The van der Waals surface area contributed by atoms with Gasteiger partial charge >= 0.3 is 0 Å². The van der Waals surface area contributed by atoms with Gasteiger partial charge in [0.25, 0.3) is 5.91 Å². The molecule has 3 aromatic heterocycles. The molecule has 1 aromatic carbocycles. The molecule has 4 rings (SSSR count). The van der Waals surface area contributed by atoms with E-state index in [-0.39, 0.29) is 5.91 Å². The van der Waals surface area contributed by atoms with Crippen LogP contribution >= 0.6 is 22.7 Å². The number of nitrogens with one attached hydrogen (secondary N) is 1. The zero-order chi connectivity index (χ0) is 15.6. The van der Waals surface area contributed by atoms with E-state index in [0.717, 1.165) is 27.2 Å². The second kappa shape index (κ2) is 5.91. The Hall–Kier alpha value is -2.57. The lowest BCUT2D eigenvalue weighted by atomic mass is 10.2. The number of thiazole rings is 1. The van der Waals surface area contributed by atoms with Crippen LogP contribution in [-0.2, 0) is 0 Å². The van der Waals surface area contributed by atoms with E-state index >= 15 is 0 Å². The third-order valence-corrected chi connectivity index (χ3v) is 4.97. The maximum atomic E-state index is 12.5. The fourth-order valence-electron chi connectivity index (χ4n) is 2.30. The van der Waals surface area contributed by atoms with Crippen LogP contribution in [0.15, 0.2) is 58.7 Å². The highest BCUT2D eigenvalue weighted by Crippen LogP contribution is 2.27. The summed E-state index contributed by atoms with van der Waals surface area (Å²) in [5.41, 5.74) is 3.07. The van der Waals surface area contributed by atoms with Gasteiger partial charge in [0.05, 0.1) is 11.2 Å². The van der Waals surface area contributed by atoms with Crippen molar-refractivity contribution in [1.29, 1.82) is 0 Å². The van der Waals surface area contributed by atoms with Gasteiger partial charge in [-0.1, -0.05) is 6.07 Å². The molecule has 0 unspecified atom stereocenters. The molecule has 112 valence electrons. The zero-order valence-corrected chi connectivity index (χ0v) is 13.5. The summed E-state index contributed by atoms with van der Waals surface area (Å²) >= 11 is 3.09. The third-order valence-electron chi connectivity index (χ3n) is 3.40. The number of amides is 1. The molecule has 0 atom stereocenters. The lowest BCUT2D eigenvalue weighted by Gasteiger charge is -2.06. The molecule has 3 heterocycles. The number of aromatic nitrogens is 2. The molecule has 0 fully saturated rings. The number of anilines is 1. The van der Waals surface area contributed by atoms with Gasteiger partial charge in [-0.05, 0) is 35.7 Å². The predicted molar refractivity (Wildman–Crippen MR) is 95.1 cm³/mol. The van der Waals surface area contributed by atoms with Crippen LogP contribution in [0.1, 0.15) is 10.5 Å². The van der Waals surface area contributed by atoms with E-state index in [0.29, 0.717) is 5.69 Å². The molecule has 0 aliphatic heterocycles. The van der Waals surface area contributed by atoms with E-state index in [9.17, 15) is 4.79 Å². The van der Waals surface area contributed by atoms with Gasteiger partial charge in [-0.2, -0.15) is 11.3 Å². The monoisotopic (exact) mass is 337 g/mol.